The van der Waals surface area contributed by atoms with Crippen molar-refractivity contribution in [1.82, 2.24) is 10.3 Å². The average Bonchev–Trinajstić information content (AvgIpc) is 2.94. The van der Waals surface area contributed by atoms with Crippen LogP contribution in [-0.2, 0) is 9.59 Å². The summed E-state index contributed by atoms with van der Waals surface area (Å²) in [6, 6.07) is 26.2. The molecule has 0 saturated heterocycles. The predicted molar refractivity (Wildman–Crippen MR) is 152 cm³/mol. The molecule has 0 radical (unpaired) electrons. The number of benzene rings is 3. The molecule has 0 aliphatic carbocycles. The Morgan fingerprint density at radius 1 is 0.789 bits per heavy atom. The summed E-state index contributed by atoms with van der Waals surface area (Å²) in [5.41, 5.74) is 2.26. The number of thioether (sulfide) groups is 1. The molecule has 3 aromatic carbocycles. The summed E-state index contributed by atoms with van der Waals surface area (Å²) >= 11 is 7.65. The van der Waals surface area contributed by atoms with E-state index in [9.17, 15) is 14.4 Å². The van der Waals surface area contributed by atoms with E-state index >= 15 is 0 Å². The third kappa shape index (κ3) is 7.80. The Morgan fingerprint density at radius 2 is 1.45 bits per heavy atom. The molecule has 0 aliphatic rings. The summed E-state index contributed by atoms with van der Waals surface area (Å²) in [6.07, 6.45) is 4.75. The molecule has 0 fully saturated rings. The molecule has 1 aromatic heterocycles. The number of aromatic nitrogens is 1. The summed E-state index contributed by atoms with van der Waals surface area (Å²) in [5.74, 6) is -0.839. The fourth-order valence-electron chi connectivity index (χ4n) is 3.30. The normalized spacial score (nSPS) is 10.9. The maximum atomic E-state index is 13.2. The van der Waals surface area contributed by atoms with Crippen LogP contribution in [0.4, 0.5) is 11.4 Å². The summed E-state index contributed by atoms with van der Waals surface area (Å²) < 4.78 is 0. The van der Waals surface area contributed by atoms with Gasteiger partial charge in [0.15, 0.2) is 0 Å². The fourth-order valence-corrected chi connectivity index (χ4v) is 4.19. The van der Waals surface area contributed by atoms with Gasteiger partial charge in [-0.3, -0.25) is 19.4 Å². The lowest BCUT2D eigenvalue weighted by Gasteiger charge is -2.12. The number of pyridine rings is 1. The number of anilines is 2. The minimum absolute atomic E-state index is 0.0400. The van der Waals surface area contributed by atoms with Crippen LogP contribution in [0.3, 0.4) is 0 Å². The Hall–Kier alpha value is -4.40. The molecular weight excluding hydrogens is 520 g/mol. The van der Waals surface area contributed by atoms with Gasteiger partial charge in [-0.25, -0.2) is 0 Å². The summed E-state index contributed by atoms with van der Waals surface area (Å²) in [7, 11) is 0. The smallest absolute Gasteiger partial charge is 0.272 e. The number of hydrogen-bond acceptors (Lipinski definition) is 5. The molecule has 3 N–H and O–H groups in total. The zero-order chi connectivity index (χ0) is 26.7. The lowest BCUT2D eigenvalue weighted by atomic mass is 10.1. The van der Waals surface area contributed by atoms with Crippen molar-refractivity contribution in [3.63, 3.8) is 0 Å². The molecule has 0 bridgehead atoms. The Morgan fingerprint density at radius 3 is 2.16 bits per heavy atom. The van der Waals surface area contributed by atoms with Gasteiger partial charge in [0.25, 0.3) is 11.8 Å². The van der Waals surface area contributed by atoms with E-state index in [2.05, 4.69) is 20.9 Å². The first-order valence-corrected chi connectivity index (χ1v) is 12.9. The topological polar surface area (TPSA) is 100 Å². The number of amides is 3. The van der Waals surface area contributed by atoms with Crippen molar-refractivity contribution in [3.05, 3.63) is 125 Å². The van der Waals surface area contributed by atoms with E-state index in [1.54, 1.807) is 103 Å². The number of carbonyl (C=O) groups excluding carboxylic acids is 3. The number of nitrogens with one attached hydrogen (secondary N) is 3. The molecular formula is C29H23ClN4O3S. The highest BCUT2D eigenvalue weighted by molar-refractivity contribution is 8.00. The maximum Gasteiger partial charge on any atom is 0.272 e. The molecule has 0 unspecified atom stereocenters. The van der Waals surface area contributed by atoms with Crippen molar-refractivity contribution in [1.29, 1.82) is 0 Å². The van der Waals surface area contributed by atoms with Gasteiger partial charge >= 0.3 is 0 Å². The number of nitrogens with zero attached hydrogens (tertiary/aromatic N) is 1. The first-order chi connectivity index (χ1) is 18.5. The van der Waals surface area contributed by atoms with Crippen LogP contribution < -0.4 is 16.0 Å². The van der Waals surface area contributed by atoms with Crippen LogP contribution in [0.2, 0.25) is 5.02 Å². The van der Waals surface area contributed by atoms with Crippen molar-refractivity contribution < 1.29 is 14.4 Å². The Kier molecular flexibility index (Phi) is 9.28. The van der Waals surface area contributed by atoms with Gasteiger partial charge in [-0.1, -0.05) is 48.0 Å². The van der Waals surface area contributed by atoms with Crippen molar-refractivity contribution in [2.75, 3.05) is 16.4 Å². The van der Waals surface area contributed by atoms with Crippen LogP contribution in [0.1, 0.15) is 15.9 Å². The number of hydrogen-bond donors (Lipinski definition) is 3. The monoisotopic (exact) mass is 542 g/mol. The van der Waals surface area contributed by atoms with Gasteiger partial charge in [0.05, 0.1) is 5.75 Å². The lowest BCUT2D eigenvalue weighted by molar-refractivity contribution is -0.114. The van der Waals surface area contributed by atoms with Gasteiger partial charge in [-0.2, -0.15) is 0 Å². The molecule has 3 amide bonds. The summed E-state index contributed by atoms with van der Waals surface area (Å²) in [5, 5.41) is 8.75. The minimum Gasteiger partial charge on any atom is -0.325 e. The quantitative estimate of drug-likeness (QED) is 0.181. The number of rotatable bonds is 9. The fraction of sp³-hybridized carbons (Fsp3) is 0.0345. The van der Waals surface area contributed by atoms with Crippen LogP contribution in [0.5, 0.6) is 0 Å². The van der Waals surface area contributed by atoms with E-state index in [0.717, 1.165) is 4.90 Å². The first kappa shape index (κ1) is 26.7. The summed E-state index contributed by atoms with van der Waals surface area (Å²) in [6.45, 7) is 0. The third-order valence-corrected chi connectivity index (χ3v) is 6.54. The van der Waals surface area contributed by atoms with E-state index < -0.39 is 11.8 Å². The standard InChI is InChI=1S/C29H23ClN4O3S/c30-25-9-5-4-8-21(25)18-26(34-28(36)20-6-2-1-3-7-20)29(37)33-22-10-12-24(13-11-22)38-19-27(35)32-23-14-16-31-17-15-23/h1-18H,19H2,(H,33,37)(H,34,36)(H,31,32,35)/b26-18-. The number of carbonyl (C=O) groups is 3. The Bertz CT molecular complexity index is 1450. The van der Waals surface area contributed by atoms with Gasteiger partial charge in [0.1, 0.15) is 5.70 Å². The first-order valence-electron chi connectivity index (χ1n) is 11.5. The van der Waals surface area contributed by atoms with E-state index in [0.29, 0.717) is 27.5 Å². The van der Waals surface area contributed by atoms with Gasteiger partial charge in [-0.05, 0) is 66.2 Å². The molecule has 0 spiro atoms. The SMILES string of the molecule is O=C(CSc1ccc(NC(=O)/C(=C/c2ccccc2Cl)NC(=O)c2ccccc2)cc1)Nc1ccncc1. The predicted octanol–water partition coefficient (Wildman–Crippen LogP) is 5.88. The largest absolute Gasteiger partial charge is 0.325 e. The summed E-state index contributed by atoms with van der Waals surface area (Å²) in [4.78, 5) is 42.9. The zero-order valence-electron chi connectivity index (χ0n) is 20.1. The van der Waals surface area contributed by atoms with Crippen molar-refractivity contribution in [2.45, 2.75) is 4.90 Å². The highest BCUT2D eigenvalue weighted by Crippen LogP contribution is 2.22. The molecule has 1 heterocycles. The minimum atomic E-state index is -0.508. The van der Waals surface area contributed by atoms with E-state index in [4.69, 9.17) is 11.6 Å². The van der Waals surface area contributed by atoms with E-state index in [-0.39, 0.29) is 17.4 Å². The Balaban J connectivity index is 1.42. The molecule has 38 heavy (non-hydrogen) atoms. The van der Waals surface area contributed by atoms with Crippen LogP contribution in [0.25, 0.3) is 6.08 Å². The molecule has 7 nitrogen and oxygen atoms in total. The second kappa shape index (κ2) is 13.2. The molecule has 4 aromatic rings. The van der Waals surface area contributed by atoms with Crippen LogP contribution >= 0.6 is 23.4 Å². The highest BCUT2D eigenvalue weighted by Gasteiger charge is 2.16. The molecule has 4 rings (SSSR count). The third-order valence-electron chi connectivity index (χ3n) is 5.18. The number of halogens is 1. The molecule has 0 atom stereocenters. The van der Waals surface area contributed by atoms with Gasteiger partial charge < -0.3 is 16.0 Å². The zero-order valence-corrected chi connectivity index (χ0v) is 21.6. The lowest BCUT2D eigenvalue weighted by Crippen LogP contribution is -2.30. The van der Waals surface area contributed by atoms with E-state index in [1.807, 2.05) is 0 Å². The van der Waals surface area contributed by atoms with Gasteiger partial charge in [0, 0.05) is 39.3 Å². The van der Waals surface area contributed by atoms with Crippen molar-refractivity contribution >= 4 is 58.5 Å². The van der Waals surface area contributed by atoms with Crippen LogP contribution in [0.15, 0.2) is 114 Å². The van der Waals surface area contributed by atoms with Gasteiger partial charge in [0.2, 0.25) is 5.91 Å². The Labute approximate surface area is 229 Å². The maximum absolute atomic E-state index is 13.2. The van der Waals surface area contributed by atoms with Gasteiger partial charge in [-0.15, -0.1) is 11.8 Å². The second-order valence-corrected chi connectivity index (χ2v) is 9.41. The molecule has 0 aliphatic heterocycles. The van der Waals surface area contributed by atoms with Crippen molar-refractivity contribution in [3.8, 4) is 0 Å². The van der Waals surface area contributed by atoms with E-state index in [1.165, 1.54) is 17.8 Å². The average molecular weight is 543 g/mol. The van der Waals surface area contributed by atoms with Crippen molar-refractivity contribution in [2.24, 2.45) is 0 Å². The second-order valence-electron chi connectivity index (χ2n) is 7.95. The molecule has 190 valence electrons. The molecule has 0 saturated carbocycles. The van der Waals surface area contributed by atoms with Crippen LogP contribution in [0, 0.1) is 0 Å². The highest BCUT2D eigenvalue weighted by atomic mass is 35.5. The van der Waals surface area contributed by atoms with Crippen LogP contribution in [-0.4, -0.2) is 28.5 Å². The molecule has 9 heteroatoms.